The Morgan fingerprint density at radius 2 is 1.00 bits per heavy atom. The van der Waals surface area contributed by atoms with Gasteiger partial charge in [0.2, 0.25) is 0 Å². The molecule has 4 nitrogen and oxygen atoms in total. The third kappa shape index (κ3) is 4.63. The van der Waals surface area contributed by atoms with E-state index in [1.54, 1.807) is 66.7 Å². The van der Waals surface area contributed by atoms with Gasteiger partial charge in [-0.3, -0.25) is 9.59 Å². The maximum atomic E-state index is 12.4. The third-order valence-corrected chi connectivity index (χ3v) is 4.10. The molecule has 0 saturated carbocycles. The van der Waals surface area contributed by atoms with Gasteiger partial charge >= 0.3 is 0 Å². The Morgan fingerprint density at radius 3 is 1.38 bits per heavy atom. The molecule has 3 rings (SSSR count). The van der Waals surface area contributed by atoms with Crippen LogP contribution in [0.25, 0.3) is 0 Å². The fourth-order valence-corrected chi connectivity index (χ4v) is 2.53. The van der Waals surface area contributed by atoms with Crippen LogP contribution in [0.15, 0.2) is 72.8 Å². The molecule has 0 saturated heterocycles. The summed E-state index contributed by atoms with van der Waals surface area (Å²) in [6.07, 6.45) is 0. The van der Waals surface area contributed by atoms with Gasteiger partial charge in [-0.1, -0.05) is 29.3 Å². The van der Waals surface area contributed by atoms with E-state index in [0.29, 0.717) is 32.5 Å². The zero-order valence-electron chi connectivity index (χ0n) is 13.5. The van der Waals surface area contributed by atoms with Crippen LogP contribution in [0.5, 0.6) is 0 Å². The van der Waals surface area contributed by atoms with Crippen LogP contribution in [0.4, 0.5) is 11.4 Å². The van der Waals surface area contributed by atoms with Gasteiger partial charge < -0.3 is 10.6 Å². The maximum absolute atomic E-state index is 12.4. The fourth-order valence-electron chi connectivity index (χ4n) is 2.27. The van der Waals surface area contributed by atoms with Gasteiger partial charge in [0.05, 0.1) is 0 Å². The van der Waals surface area contributed by atoms with Gasteiger partial charge in [0.1, 0.15) is 0 Å². The average Bonchev–Trinajstić information content (AvgIpc) is 2.65. The normalized spacial score (nSPS) is 10.2. The van der Waals surface area contributed by atoms with Crippen molar-refractivity contribution in [2.75, 3.05) is 10.6 Å². The minimum absolute atomic E-state index is 0.312. The molecule has 0 bridgehead atoms. The lowest BCUT2D eigenvalue weighted by molar-refractivity contribution is 0.102. The molecule has 0 aliphatic carbocycles. The van der Waals surface area contributed by atoms with Crippen molar-refractivity contribution in [2.45, 2.75) is 0 Å². The van der Waals surface area contributed by atoms with Crippen LogP contribution in [-0.2, 0) is 0 Å². The molecule has 6 heteroatoms. The Hall–Kier alpha value is -2.82. The maximum Gasteiger partial charge on any atom is 0.255 e. The van der Waals surface area contributed by atoms with E-state index in [1.807, 2.05) is 0 Å². The van der Waals surface area contributed by atoms with Crippen molar-refractivity contribution in [2.24, 2.45) is 0 Å². The van der Waals surface area contributed by atoms with Crippen molar-refractivity contribution in [3.05, 3.63) is 94.0 Å². The van der Waals surface area contributed by atoms with E-state index >= 15 is 0 Å². The molecular formula is C20H14Cl2N2O2. The van der Waals surface area contributed by atoms with Crippen LogP contribution in [0.1, 0.15) is 20.7 Å². The molecule has 3 aromatic rings. The third-order valence-electron chi connectivity index (χ3n) is 3.59. The van der Waals surface area contributed by atoms with E-state index in [1.165, 1.54) is 6.07 Å². The molecule has 0 aliphatic heterocycles. The first-order valence-corrected chi connectivity index (χ1v) is 8.51. The Kier molecular flexibility index (Phi) is 5.56. The minimum atomic E-state index is -0.312. The summed E-state index contributed by atoms with van der Waals surface area (Å²) in [5.41, 5.74) is 2.00. The molecule has 0 radical (unpaired) electrons. The predicted molar refractivity (Wildman–Crippen MR) is 105 cm³/mol. The predicted octanol–water partition coefficient (Wildman–Crippen LogP) is 5.50. The number of hydrogen-bond acceptors (Lipinski definition) is 2. The van der Waals surface area contributed by atoms with Gasteiger partial charge in [-0.25, -0.2) is 0 Å². The van der Waals surface area contributed by atoms with E-state index in [2.05, 4.69) is 10.6 Å². The molecule has 2 amide bonds. The highest BCUT2D eigenvalue weighted by Gasteiger charge is 2.11. The summed E-state index contributed by atoms with van der Waals surface area (Å²) >= 11 is 11.7. The number of carbonyl (C=O) groups excluding carboxylic acids is 2. The van der Waals surface area contributed by atoms with Crippen molar-refractivity contribution in [1.82, 2.24) is 0 Å². The summed E-state index contributed by atoms with van der Waals surface area (Å²) in [6, 6.07) is 20.1. The molecule has 130 valence electrons. The first-order valence-electron chi connectivity index (χ1n) is 7.75. The Bertz CT molecular complexity index is 864. The summed E-state index contributed by atoms with van der Waals surface area (Å²) in [6.45, 7) is 0. The molecule has 0 heterocycles. The first kappa shape index (κ1) is 18.0. The first-order chi connectivity index (χ1) is 12.5. The highest BCUT2D eigenvalue weighted by molar-refractivity contribution is 6.31. The molecular weight excluding hydrogens is 371 g/mol. The molecule has 26 heavy (non-hydrogen) atoms. The van der Waals surface area contributed by atoms with Gasteiger partial charge in [0.15, 0.2) is 0 Å². The van der Waals surface area contributed by atoms with Crippen molar-refractivity contribution >= 4 is 46.4 Å². The monoisotopic (exact) mass is 384 g/mol. The number of anilines is 2. The van der Waals surface area contributed by atoms with Gasteiger partial charge in [0.25, 0.3) is 11.8 Å². The van der Waals surface area contributed by atoms with Crippen LogP contribution in [0, 0.1) is 0 Å². The Morgan fingerprint density at radius 1 is 0.615 bits per heavy atom. The molecule has 0 unspecified atom stereocenters. The average molecular weight is 385 g/mol. The standard InChI is InChI=1S/C20H14Cl2N2O2/c21-15-4-8-17(9-5-15)23-19(25)13-2-1-3-14(12-13)20(26)24-18-10-6-16(22)7-11-18/h1-12H,(H,23,25)(H,24,26). The van der Waals surface area contributed by atoms with Crippen LogP contribution < -0.4 is 10.6 Å². The zero-order valence-corrected chi connectivity index (χ0v) is 15.0. The smallest absolute Gasteiger partial charge is 0.255 e. The number of carbonyl (C=O) groups is 2. The molecule has 0 aliphatic rings. The number of nitrogens with one attached hydrogen (secondary N) is 2. The molecule has 0 atom stereocenters. The second-order valence-corrected chi connectivity index (χ2v) is 6.38. The minimum Gasteiger partial charge on any atom is -0.322 e. The summed E-state index contributed by atoms with van der Waals surface area (Å²) in [5.74, 6) is -0.623. The Balaban J connectivity index is 1.72. The summed E-state index contributed by atoms with van der Waals surface area (Å²) in [5, 5.41) is 6.70. The molecule has 2 N–H and O–H groups in total. The van der Waals surface area contributed by atoms with Gasteiger partial charge in [-0.15, -0.1) is 0 Å². The van der Waals surface area contributed by atoms with E-state index in [-0.39, 0.29) is 11.8 Å². The summed E-state index contributed by atoms with van der Waals surface area (Å²) in [7, 11) is 0. The van der Waals surface area contributed by atoms with Gasteiger partial charge in [-0.05, 0) is 66.7 Å². The van der Waals surface area contributed by atoms with Crippen LogP contribution in [0.2, 0.25) is 10.0 Å². The highest BCUT2D eigenvalue weighted by atomic mass is 35.5. The number of benzene rings is 3. The number of halogens is 2. The van der Waals surface area contributed by atoms with E-state index < -0.39 is 0 Å². The number of hydrogen-bond donors (Lipinski definition) is 2. The van der Waals surface area contributed by atoms with Crippen LogP contribution >= 0.6 is 23.2 Å². The van der Waals surface area contributed by atoms with Crippen molar-refractivity contribution in [3.8, 4) is 0 Å². The molecule has 0 fully saturated rings. The second kappa shape index (κ2) is 8.04. The fraction of sp³-hybridized carbons (Fsp3) is 0. The second-order valence-electron chi connectivity index (χ2n) is 5.50. The molecule has 0 spiro atoms. The van der Waals surface area contributed by atoms with Gasteiger partial charge in [-0.2, -0.15) is 0 Å². The van der Waals surface area contributed by atoms with Crippen molar-refractivity contribution in [1.29, 1.82) is 0 Å². The zero-order chi connectivity index (χ0) is 18.5. The SMILES string of the molecule is O=C(Nc1ccc(Cl)cc1)c1cccc(C(=O)Nc2ccc(Cl)cc2)c1. The summed E-state index contributed by atoms with van der Waals surface area (Å²) < 4.78 is 0. The summed E-state index contributed by atoms with van der Waals surface area (Å²) in [4.78, 5) is 24.8. The highest BCUT2D eigenvalue weighted by Crippen LogP contribution is 2.17. The Labute approximate surface area is 160 Å². The van der Waals surface area contributed by atoms with Crippen molar-refractivity contribution in [3.63, 3.8) is 0 Å². The largest absolute Gasteiger partial charge is 0.322 e. The van der Waals surface area contributed by atoms with Gasteiger partial charge in [0, 0.05) is 32.5 Å². The quantitative estimate of drug-likeness (QED) is 0.623. The van der Waals surface area contributed by atoms with E-state index in [4.69, 9.17) is 23.2 Å². The van der Waals surface area contributed by atoms with Crippen molar-refractivity contribution < 1.29 is 9.59 Å². The lowest BCUT2D eigenvalue weighted by Gasteiger charge is -2.08. The van der Waals surface area contributed by atoms with E-state index in [9.17, 15) is 9.59 Å². The van der Waals surface area contributed by atoms with Crippen LogP contribution in [0.3, 0.4) is 0 Å². The number of amides is 2. The lowest BCUT2D eigenvalue weighted by Crippen LogP contribution is -2.15. The van der Waals surface area contributed by atoms with Crippen LogP contribution in [-0.4, -0.2) is 11.8 Å². The topological polar surface area (TPSA) is 58.2 Å². The molecule has 3 aromatic carbocycles. The lowest BCUT2D eigenvalue weighted by atomic mass is 10.1. The number of rotatable bonds is 4. The molecule has 0 aromatic heterocycles. The van der Waals surface area contributed by atoms with E-state index in [0.717, 1.165) is 0 Å².